The minimum Gasteiger partial charge on any atom is -0.382 e. The maximum atomic E-state index is 12.8. The van der Waals surface area contributed by atoms with Crippen LogP contribution in [0, 0.1) is 0 Å². The van der Waals surface area contributed by atoms with Crippen LogP contribution in [0.3, 0.4) is 0 Å². The van der Waals surface area contributed by atoms with Gasteiger partial charge in [0.2, 0.25) is 0 Å². The van der Waals surface area contributed by atoms with Crippen molar-refractivity contribution in [1.82, 2.24) is 5.06 Å². The summed E-state index contributed by atoms with van der Waals surface area (Å²) >= 11 is 0. The Labute approximate surface area is 251 Å². The molecule has 1 aliphatic heterocycles. The summed E-state index contributed by atoms with van der Waals surface area (Å²) in [6.45, 7) is 3.50. The second-order valence-electron chi connectivity index (χ2n) is 9.63. The maximum Gasteiger partial charge on any atom is 0.363 e. The number of rotatable bonds is 18. The van der Waals surface area contributed by atoms with Gasteiger partial charge < -0.3 is 28.5 Å². The van der Waals surface area contributed by atoms with Crippen LogP contribution >= 0.6 is 0 Å². The van der Waals surface area contributed by atoms with Crippen LogP contribution in [0.15, 0.2) is 84.9 Å². The van der Waals surface area contributed by atoms with Crippen molar-refractivity contribution in [3.8, 4) is 0 Å². The van der Waals surface area contributed by atoms with E-state index in [4.69, 9.17) is 28.5 Å². The Kier molecular flexibility index (Phi) is 12.4. The average molecular weight is 592 g/mol. The van der Waals surface area contributed by atoms with Gasteiger partial charge in [0.05, 0.1) is 58.4 Å². The topological polar surface area (TPSA) is 110 Å². The standard InChI is InChI=1S/C33H37NO9/c1-38-18-19-39-20-21-40-22-23-41-24-25-42-33(27-8-4-2-5-9-27,28-10-6-3-7-11-28)29-14-12-26(13-15-29)32(37)43-34-30(35)16-17-31(34)36/h2-15H,16-25H2,1H3. The van der Waals surface area contributed by atoms with Gasteiger partial charge in [-0.3, -0.25) is 9.59 Å². The maximum absolute atomic E-state index is 12.8. The van der Waals surface area contributed by atoms with Crippen molar-refractivity contribution >= 4 is 17.8 Å². The van der Waals surface area contributed by atoms with Crippen LogP contribution < -0.4 is 0 Å². The summed E-state index contributed by atoms with van der Waals surface area (Å²) in [5, 5.41) is 0.541. The van der Waals surface area contributed by atoms with Crippen molar-refractivity contribution < 1.29 is 42.9 Å². The molecule has 0 radical (unpaired) electrons. The molecule has 0 aliphatic carbocycles. The Morgan fingerprint density at radius 1 is 0.628 bits per heavy atom. The van der Waals surface area contributed by atoms with Crippen molar-refractivity contribution in [1.29, 1.82) is 0 Å². The van der Waals surface area contributed by atoms with Gasteiger partial charge in [-0.15, -0.1) is 5.06 Å². The smallest absolute Gasteiger partial charge is 0.363 e. The van der Waals surface area contributed by atoms with Crippen molar-refractivity contribution in [3.05, 3.63) is 107 Å². The number of carbonyl (C=O) groups is 3. The van der Waals surface area contributed by atoms with Gasteiger partial charge >= 0.3 is 5.97 Å². The number of carbonyl (C=O) groups excluding carboxylic acids is 3. The summed E-state index contributed by atoms with van der Waals surface area (Å²) in [5.74, 6) is -1.86. The lowest BCUT2D eigenvalue weighted by molar-refractivity contribution is -0.172. The number of hydroxylamine groups is 2. The van der Waals surface area contributed by atoms with Crippen molar-refractivity contribution in [2.45, 2.75) is 18.4 Å². The summed E-state index contributed by atoms with van der Waals surface area (Å²) in [6, 6.07) is 26.4. The van der Waals surface area contributed by atoms with Crippen LogP contribution in [0.5, 0.6) is 0 Å². The molecule has 0 saturated carbocycles. The highest BCUT2D eigenvalue weighted by Gasteiger charge is 2.38. The summed E-state index contributed by atoms with van der Waals surface area (Å²) in [4.78, 5) is 41.6. The van der Waals surface area contributed by atoms with Gasteiger partial charge in [-0.2, -0.15) is 0 Å². The zero-order valence-electron chi connectivity index (χ0n) is 24.3. The van der Waals surface area contributed by atoms with Crippen LogP contribution in [0.2, 0.25) is 0 Å². The largest absolute Gasteiger partial charge is 0.382 e. The first-order chi connectivity index (χ1) is 21.1. The molecule has 0 spiro atoms. The van der Waals surface area contributed by atoms with E-state index in [1.807, 2.05) is 60.7 Å². The molecule has 1 aliphatic rings. The minimum atomic E-state index is -1.02. The van der Waals surface area contributed by atoms with E-state index in [9.17, 15) is 14.4 Å². The molecule has 3 aromatic rings. The SMILES string of the molecule is COCCOCCOCCOCCOC(c1ccccc1)(c1ccccc1)c1ccc(C(=O)ON2C(=O)CCC2=O)cc1. The Balaban J connectivity index is 1.46. The van der Waals surface area contributed by atoms with E-state index in [0.29, 0.717) is 51.3 Å². The molecule has 4 rings (SSSR count). The molecule has 0 bridgehead atoms. The van der Waals surface area contributed by atoms with Crippen LogP contribution in [0.4, 0.5) is 0 Å². The molecule has 10 heteroatoms. The van der Waals surface area contributed by atoms with E-state index in [-0.39, 0.29) is 25.0 Å². The molecular weight excluding hydrogens is 554 g/mol. The number of nitrogens with zero attached hydrogens (tertiary/aromatic N) is 1. The van der Waals surface area contributed by atoms with Crippen LogP contribution in [0.25, 0.3) is 0 Å². The van der Waals surface area contributed by atoms with Gasteiger partial charge in [0, 0.05) is 20.0 Å². The predicted octanol–water partition coefficient (Wildman–Crippen LogP) is 3.91. The highest BCUT2D eigenvalue weighted by atomic mass is 16.7. The average Bonchev–Trinajstić information content (AvgIpc) is 3.36. The number of amides is 2. The number of hydrogen-bond donors (Lipinski definition) is 0. The quantitative estimate of drug-likeness (QED) is 0.124. The second kappa shape index (κ2) is 16.6. The molecule has 3 aromatic carbocycles. The summed E-state index contributed by atoms with van der Waals surface area (Å²) < 4.78 is 28.3. The monoisotopic (exact) mass is 591 g/mol. The van der Waals surface area contributed by atoms with Gasteiger partial charge in [-0.25, -0.2) is 4.79 Å². The van der Waals surface area contributed by atoms with Crippen molar-refractivity contribution in [3.63, 3.8) is 0 Å². The van der Waals surface area contributed by atoms with E-state index in [0.717, 1.165) is 16.7 Å². The molecule has 0 unspecified atom stereocenters. The highest BCUT2D eigenvalue weighted by Crippen LogP contribution is 2.40. The predicted molar refractivity (Wildman–Crippen MR) is 156 cm³/mol. The van der Waals surface area contributed by atoms with Crippen LogP contribution in [-0.2, 0) is 43.7 Å². The lowest BCUT2D eigenvalue weighted by Crippen LogP contribution is -2.34. The van der Waals surface area contributed by atoms with Crippen LogP contribution in [-0.4, -0.2) is 82.8 Å². The Morgan fingerprint density at radius 2 is 1.07 bits per heavy atom. The fourth-order valence-corrected chi connectivity index (χ4v) is 4.67. The van der Waals surface area contributed by atoms with E-state index in [2.05, 4.69) is 0 Å². The van der Waals surface area contributed by atoms with Gasteiger partial charge in [-0.1, -0.05) is 72.8 Å². The lowest BCUT2D eigenvalue weighted by Gasteiger charge is -2.36. The van der Waals surface area contributed by atoms with E-state index >= 15 is 0 Å². The molecule has 1 fully saturated rings. The number of benzene rings is 3. The van der Waals surface area contributed by atoms with Gasteiger partial charge in [0.15, 0.2) is 0 Å². The first-order valence-electron chi connectivity index (χ1n) is 14.2. The lowest BCUT2D eigenvalue weighted by atomic mass is 9.80. The summed E-state index contributed by atoms with van der Waals surface area (Å²) in [7, 11) is 1.63. The molecule has 10 nitrogen and oxygen atoms in total. The zero-order chi connectivity index (χ0) is 30.3. The second-order valence-corrected chi connectivity index (χ2v) is 9.63. The Morgan fingerprint density at radius 3 is 1.56 bits per heavy atom. The Bertz CT molecular complexity index is 1240. The summed E-state index contributed by atoms with van der Waals surface area (Å²) in [5.41, 5.74) is 1.72. The molecule has 0 aromatic heterocycles. The highest BCUT2D eigenvalue weighted by molar-refractivity contribution is 6.02. The number of imide groups is 1. The fourth-order valence-electron chi connectivity index (χ4n) is 4.67. The molecule has 43 heavy (non-hydrogen) atoms. The molecule has 2 amide bonds. The normalized spacial score (nSPS) is 13.5. The van der Waals surface area contributed by atoms with E-state index in [1.165, 1.54) is 0 Å². The Hall–Kier alpha value is -3.93. The van der Waals surface area contributed by atoms with E-state index in [1.54, 1.807) is 31.4 Å². The van der Waals surface area contributed by atoms with Crippen molar-refractivity contribution in [2.24, 2.45) is 0 Å². The van der Waals surface area contributed by atoms with Crippen LogP contribution in [0.1, 0.15) is 39.9 Å². The molecule has 228 valence electrons. The number of ether oxygens (including phenoxy) is 5. The third kappa shape index (κ3) is 8.56. The molecule has 0 N–H and O–H groups in total. The number of hydrogen-bond acceptors (Lipinski definition) is 9. The van der Waals surface area contributed by atoms with Gasteiger partial charge in [-0.05, 0) is 28.8 Å². The van der Waals surface area contributed by atoms with Gasteiger partial charge in [0.1, 0.15) is 5.60 Å². The third-order valence-electron chi connectivity index (χ3n) is 6.79. The molecule has 0 atom stereocenters. The van der Waals surface area contributed by atoms with Crippen molar-refractivity contribution in [2.75, 3.05) is 60.0 Å². The fraction of sp³-hybridized carbons (Fsp3) is 0.364. The van der Waals surface area contributed by atoms with E-state index < -0.39 is 23.4 Å². The molecule has 1 heterocycles. The molecular formula is C33H37NO9. The first-order valence-corrected chi connectivity index (χ1v) is 14.2. The molecule has 1 saturated heterocycles. The first kappa shape index (κ1) is 32.0. The van der Waals surface area contributed by atoms with Gasteiger partial charge in [0.25, 0.3) is 11.8 Å². The summed E-state index contributed by atoms with van der Waals surface area (Å²) in [6.07, 6.45) is 0.0557. The minimum absolute atomic E-state index is 0.0279. The third-order valence-corrected chi connectivity index (χ3v) is 6.79. The zero-order valence-corrected chi connectivity index (χ0v) is 24.3. The number of methoxy groups -OCH3 is 1.